The molecule has 10 heteroatoms. The first-order valence-electron chi connectivity index (χ1n) is 11.7. The predicted molar refractivity (Wildman–Crippen MR) is 129 cm³/mol. The van der Waals surface area contributed by atoms with Crippen LogP contribution in [0.3, 0.4) is 0 Å². The first kappa shape index (κ1) is 28.2. The number of methoxy groups -OCH3 is 1. The molecule has 3 rings (SSSR count). The average molecular weight is 522 g/mol. The molecule has 0 saturated heterocycles. The molecule has 7 nitrogen and oxygen atoms in total. The van der Waals surface area contributed by atoms with E-state index in [0.29, 0.717) is 5.71 Å². The van der Waals surface area contributed by atoms with Crippen molar-refractivity contribution in [3.8, 4) is 0 Å². The van der Waals surface area contributed by atoms with Gasteiger partial charge in [0.1, 0.15) is 6.10 Å². The molecule has 0 saturated carbocycles. The van der Waals surface area contributed by atoms with Gasteiger partial charge in [0.25, 0.3) is 5.60 Å². The lowest BCUT2D eigenvalue weighted by molar-refractivity contribution is -0.187. The molecule has 0 bridgehead atoms. The third-order valence-electron chi connectivity index (χ3n) is 6.21. The summed E-state index contributed by atoms with van der Waals surface area (Å²) in [7, 11) is 1.24. The van der Waals surface area contributed by atoms with Crippen LogP contribution in [0, 0.1) is 0 Å². The molecule has 1 N–H and O–H groups in total. The van der Waals surface area contributed by atoms with Gasteiger partial charge in [-0.25, -0.2) is 4.79 Å². The fourth-order valence-electron chi connectivity index (χ4n) is 3.99. The quantitative estimate of drug-likeness (QED) is 0.419. The summed E-state index contributed by atoms with van der Waals surface area (Å²) in [5, 5.41) is 14.1. The molecule has 0 radical (unpaired) electrons. The molecule has 0 fully saturated rings. The maximum absolute atomic E-state index is 13.1. The molecule has 0 spiro atoms. The first-order valence-corrected chi connectivity index (χ1v) is 11.7. The number of aliphatic carboxylic acids is 1. The SMILES string of the molecule is COC(=O)CCC1=NOC(C(=O)O)(C(OCc2ccc(C(C)(C)C)cc2)c2ccc(C(F)(F)F)cc2)C1. The van der Waals surface area contributed by atoms with Crippen molar-refractivity contribution in [3.05, 3.63) is 70.8 Å². The van der Waals surface area contributed by atoms with Gasteiger partial charge in [-0.05, 0) is 40.7 Å². The second kappa shape index (κ2) is 10.9. The molecule has 37 heavy (non-hydrogen) atoms. The number of carboxylic acid groups (broad SMARTS) is 1. The lowest BCUT2D eigenvalue weighted by atomic mass is 9.85. The van der Waals surface area contributed by atoms with Gasteiger partial charge in [0.15, 0.2) is 0 Å². The van der Waals surface area contributed by atoms with Crippen LogP contribution >= 0.6 is 0 Å². The molecule has 2 aromatic carbocycles. The Kier molecular flexibility index (Phi) is 8.32. The van der Waals surface area contributed by atoms with E-state index in [0.717, 1.165) is 23.3 Å². The Morgan fingerprint density at radius 2 is 1.65 bits per heavy atom. The monoisotopic (exact) mass is 521 g/mol. The van der Waals surface area contributed by atoms with E-state index in [1.807, 2.05) is 24.3 Å². The zero-order chi connectivity index (χ0) is 27.4. The third kappa shape index (κ3) is 6.68. The second-order valence-electron chi connectivity index (χ2n) is 9.95. The number of hydrogen-bond donors (Lipinski definition) is 1. The van der Waals surface area contributed by atoms with E-state index < -0.39 is 35.4 Å². The predicted octanol–water partition coefficient (Wildman–Crippen LogP) is 5.81. The van der Waals surface area contributed by atoms with Crippen molar-refractivity contribution in [2.45, 2.75) is 69.9 Å². The van der Waals surface area contributed by atoms with Crippen molar-refractivity contribution >= 4 is 17.7 Å². The van der Waals surface area contributed by atoms with Gasteiger partial charge >= 0.3 is 18.1 Å². The van der Waals surface area contributed by atoms with Crippen LogP contribution in [-0.4, -0.2) is 35.5 Å². The number of esters is 1. The van der Waals surface area contributed by atoms with Gasteiger partial charge < -0.3 is 19.4 Å². The summed E-state index contributed by atoms with van der Waals surface area (Å²) in [6.45, 7) is 6.20. The van der Waals surface area contributed by atoms with Crippen molar-refractivity contribution in [1.82, 2.24) is 0 Å². The second-order valence-corrected chi connectivity index (χ2v) is 9.95. The topological polar surface area (TPSA) is 94.4 Å². The molecule has 2 unspecified atom stereocenters. The van der Waals surface area contributed by atoms with E-state index in [1.165, 1.54) is 19.2 Å². The fourth-order valence-corrected chi connectivity index (χ4v) is 3.99. The van der Waals surface area contributed by atoms with E-state index >= 15 is 0 Å². The van der Waals surface area contributed by atoms with Crippen molar-refractivity contribution < 1.29 is 42.2 Å². The first-order chi connectivity index (χ1) is 17.3. The zero-order valence-electron chi connectivity index (χ0n) is 21.1. The highest BCUT2D eigenvalue weighted by molar-refractivity contribution is 5.95. The summed E-state index contributed by atoms with van der Waals surface area (Å²) in [6.07, 6.45) is -5.99. The highest BCUT2D eigenvalue weighted by atomic mass is 19.4. The van der Waals surface area contributed by atoms with Crippen molar-refractivity contribution in [2.24, 2.45) is 5.16 Å². The number of rotatable bonds is 9. The van der Waals surface area contributed by atoms with Gasteiger partial charge in [-0.15, -0.1) is 0 Å². The summed E-state index contributed by atoms with van der Waals surface area (Å²) in [6, 6.07) is 11.7. The van der Waals surface area contributed by atoms with E-state index in [9.17, 15) is 27.9 Å². The van der Waals surface area contributed by atoms with Crippen LogP contribution in [0.2, 0.25) is 0 Å². The van der Waals surface area contributed by atoms with Crippen molar-refractivity contribution in [1.29, 1.82) is 0 Å². The number of benzene rings is 2. The molecule has 2 aromatic rings. The number of halogens is 3. The number of carbonyl (C=O) groups excluding carboxylic acids is 1. The summed E-state index contributed by atoms with van der Waals surface area (Å²) in [5.74, 6) is -1.89. The van der Waals surface area contributed by atoms with E-state index in [-0.39, 0.29) is 36.8 Å². The Bertz CT molecular complexity index is 1140. The number of nitrogens with zero attached hydrogens (tertiary/aromatic N) is 1. The van der Waals surface area contributed by atoms with Crippen LogP contribution in [0.4, 0.5) is 13.2 Å². The Morgan fingerprint density at radius 3 is 2.16 bits per heavy atom. The molecule has 2 atom stereocenters. The minimum atomic E-state index is -4.55. The van der Waals surface area contributed by atoms with Gasteiger partial charge in [0.2, 0.25) is 0 Å². The normalized spacial score (nSPS) is 18.6. The van der Waals surface area contributed by atoms with Gasteiger partial charge in [-0.2, -0.15) is 13.2 Å². The van der Waals surface area contributed by atoms with Crippen LogP contribution in [0.15, 0.2) is 53.7 Å². The minimum Gasteiger partial charge on any atom is -0.478 e. The van der Waals surface area contributed by atoms with Crippen molar-refractivity contribution in [3.63, 3.8) is 0 Å². The summed E-state index contributed by atoms with van der Waals surface area (Å²) < 4.78 is 50.1. The number of carbonyl (C=O) groups is 2. The molecule has 1 heterocycles. The lowest BCUT2D eigenvalue weighted by Gasteiger charge is -2.32. The fraction of sp³-hybridized carbons (Fsp3) is 0.444. The molecular formula is C27H30F3NO6. The zero-order valence-corrected chi connectivity index (χ0v) is 21.1. The Morgan fingerprint density at radius 1 is 1.05 bits per heavy atom. The van der Waals surface area contributed by atoms with E-state index in [4.69, 9.17) is 9.57 Å². The average Bonchev–Trinajstić information content (AvgIpc) is 3.27. The smallest absolute Gasteiger partial charge is 0.416 e. The van der Waals surface area contributed by atoms with Crippen LogP contribution in [-0.2, 0) is 42.1 Å². The summed E-state index contributed by atoms with van der Waals surface area (Å²) in [5.41, 5.74) is -0.633. The number of oxime groups is 1. The van der Waals surface area contributed by atoms with Gasteiger partial charge in [-0.1, -0.05) is 62.3 Å². The van der Waals surface area contributed by atoms with Crippen LogP contribution < -0.4 is 0 Å². The number of ether oxygens (including phenoxy) is 2. The Hall–Kier alpha value is -3.40. The maximum Gasteiger partial charge on any atom is 0.416 e. The molecule has 0 aromatic heterocycles. The van der Waals surface area contributed by atoms with Crippen LogP contribution in [0.1, 0.15) is 68.4 Å². The number of carboxylic acids is 1. The lowest BCUT2D eigenvalue weighted by Crippen LogP contribution is -2.46. The third-order valence-corrected chi connectivity index (χ3v) is 6.21. The molecule has 1 aliphatic rings. The highest BCUT2D eigenvalue weighted by Crippen LogP contribution is 2.42. The summed E-state index contributed by atoms with van der Waals surface area (Å²) in [4.78, 5) is 29.5. The van der Waals surface area contributed by atoms with Gasteiger partial charge in [0, 0.05) is 6.42 Å². The van der Waals surface area contributed by atoms with Crippen molar-refractivity contribution in [2.75, 3.05) is 7.11 Å². The van der Waals surface area contributed by atoms with Gasteiger partial charge in [-0.3, -0.25) is 4.79 Å². The van der Waals surface area contributed by atoms with Gasteiger partial charge in [0.05, 0.1) is 31.4 Å². The highest BCUT2D eigenvalue weighted by Gasteiger charge is 2.55. The van der Waals surface area contributed by atoms with Crippen LogP contribution in [0.5, 0.6) is 0 Å². The number of hydrogen-bond acceptors (Lipinski definition) is 6. The Balaban J connectivity index is 1.91. The van der Waals surface area contributed by atoms with E-state index in [1.54, 1.807) is 0 Å². The standard InChI is InChI=1S/C27H30F3NO6/c1-25(2,3)19-9-5-17(6-10-19)16-36-23(18-7-11-20(12-8-18)27(28,29)30)26(24(33)34)15-21(31-37-26)13-14-22(32)35-4/h5-12,23H,13-16H2,1-4H3,(H,33,34). The molecule has 0 aliphatic carbocycles. The minimum absolute atomic E-state index is 0.0218. The summed E-state index contributed by atoms with van der Waals surface area (Å²) >= 11 is 0. The largest absolute Gasteiger partial charge is 0.478 e. The molecule has 1 aliphatic heterocycles. The Labute approximate surface area is 213 Å². The number of alkyl halides is 3. The maximum atomic E-state index is 13.1. The molecule has 0 amide bonds. The van der Waals surface area contributed by atoms with Crippen LogP contribution in [0.25, 0.3) is 0 Å². The van der Waals surface area contributed by atoms with E-state index in [2.05, 4.69) is 30.7 Å². The molecule has 200 valence electrons. The molecular weight excluding hydrogens is 491 g/mol.